The number of hydrogen-bond acceptors (Lipinski definition) is 1. The van der Waals surface area contributed by atoms with Crippen molar-refractivity contribution in [2.75, 3.05) is 0 Å². The molecular formula is C18H32O. The van der Waals surface area contributed by atoms with Gasteiger partial charge >= 0.3 is 0 Å². The Bertz CT molecular complexity index is 379. The molecule has 3 aliphatic rings. The molecule has 0 aromatic carbocycles. The van der Waals surface area contributed by atoms with Gasteiger partial charge in [-0.1, -0.05) is 34.6 Å². The fraction of sp³-hybridized carbons (Fsp3) is 1.00. The molecule has 2 aliphatic carbocycles. The van der Waals surface area contributed by atoms with E-state index < -0.39 is 0 Å². The fourth-order valence-electron chi connectivity index (χ4n) is 6.04. The van der Waals surface area contributed by atoms with E-state index in [0.717, 1.165) is 23.7 Å². The normalized spacial score (nSPS) is 49.7. The van der Waals surface area contributed by atoms with Crippen LogP contribution in [0.15, 0.2) is 0 Å². The Balaban J connectivity index is 1.99. The van der Waals surface area contributed by atoms with Crippen LogP contribution >= 0.6 is 0 Å². The summed E-state index contributed by atoms with van der Waals surface area (Å²) in [6, 6.07) is 0. The van der Waals surface area contributed by atoms with Gasteiger partial charge in [-0.25, -0.2) is 0 Å². The van der Waals surface area contributed by atoms with E-state index in [9.17, 15) is 0 Å². The van der Waals surface area contributed by atoms with Crippen LogP contribution in [0.5, 0.6) is 0 Å². The monoisotopic (exact) mass is 264 g/mol. The van der Waals surface area contributed by atoms with Gasteiger partial charge in [-0.3, -0.25) is 0 Å². The van der Waals surface area contributed by atoms with Crippen LogP contribution in [0.3, 0.4) is 0 Å². The second-order valence-electron chi connectivity index (χ2n) is 9.38. The van der Waals surface area contributed by atoms with Crippen molar-refractivity contribution in [2.45, 2.75) is 79.4 Å². The summed E-state index contributed by atoms with van der Waals surface area (Å²) in [5.41, 5.74) is 0.990. The molecule has 19 heavy (non-hydrogen) atoms. The molecule has 1 heteroatoms. The molecule has 1 heterocycles. The van der Waals surface area contributed by atoms with Gasteiger partial charge in [0.15, 0.2) is 0 Å². The van der Waals surface area contributed by atoms with Crippen molar-refractivity contribution in [1.29, 1.82) is 0 Å². The van der Waals surface area contributed by atoms with E-state index >= 15 is 0 Å². The van der Waals surface area contributed by atoms with Crippen LogP contribution in [0.1, 0.15) is 67.7 Å². The molecule has 0 spiro atoms. The van der Waals surface area contributed by atoms with Gasteiger partial charge in [-0.05, 0) is 67.6 Å². The predicted molar refractivity (Wildman–Crippen MR) is 80.0 cm³/mol. The summed E-state index contributed by atoms with van der Waals surface area (Å²) in [6.45, 7) is 17.1. The molecule has 0 radical (unpaired) electrons. The van der Waals surface area contributed by atoms with Crippen molar-refractivity contribution in [1.82, 2.24) is 0 Å². The minimum atomic E-state index is 0.107. The highest BCUT2D eigenvalue weighted by Crippen LogP contribution is 2.67. The zero-order chi connectivity index (χ0) is 14.2. The number of ether oxygens (including phenoxy) is 1. The standard InChI is InChI=1S/C18H32O/c1-11-17(4,5)13-9-8-12-10-16(2,3)19-15(12)14(13)18(11,6)7/h11-15H,8-10H2,1-7H3/t11-,12-,13-,14+,15+/m1/s1. The lowest BCUT2D eigenvalue weighted by molar-refractivity contribution is -0.0952. The Morgan fingerprint density at radius 3 is 2.16 bits per heavy atom. The quantitative estimate of drug-likeness (QED) is 0.605. The predicted octanol–water partition coefficient (Wildman–Crippen LogP) is 4.90. The highest BCUT2D eigenvalue weighted by atomic mass is 16.5. The van der Waals surface area contributed by atoms with E-state index in [1.54, 1.807) is 0 Å². The summed E-state index contributed by atoms with van der Waals surface area (Å²) in [4.78, 5) is 0. The average Bonchev–Trinajstić information content (AvgIpc) is 2.65. The average molecular weight is 264 g/mol. The topological polar surface area (TPSA) is 9.23 Å². The van der Waals surface area contributed by atoms with Gasteiger partial charge in [-0.2, -0.15) is 0 Å². The van der Waals surface area contributed by atoms with Crippen molar-refractivity contribution in [3.8, 4) is 0 Å². The maximum absolute atomic E-state index is 6.54. The molecule has 5 atom stereocenters. The molecule has 0 amide bonds. The minimum Gasteiger partial charge on any atom is -0.372 e. The minimum absolute atomic E-state index is 0.107. The first-order chi connectivity index (χ1) is 8.57. The molecule has 1 saturated heterocycles. The lowest BCUT2D eigenvalue weighted by Gasteiger charge is -2.43. The first-order valence-corrected chi connectivity index (χ1v) is 8.25. The van der Waals surface area contributed by atoms with E-state index in [0.29, 0.717) is 16.9 Å². The van der Waals surface area contributed by atoms with E-state index in [-0.39, 0.29) is 5.60 Å². The van der Waals surface area contributed by atoms with E-state index in [2.05, 4.69) is 48.5 Å². The van der Waals surface area contributed by atoms with Crippen molar-refractivity contribution in [2.24, 2.45) is 34.5 Å². The van der Waals surface area contributed by atoms with Crippen LogP contribution < -0.4 is 0 Å². The summed E-state index contributed by atoms with van der Waals surface area (Å²) >= 11 is 0. The maximum Gasteiger partial charge on any atom is 0.0647 e. The summed E-state index contributed by atoms with van der Waals surface area (Å²) in [5.74, 6) is 3.21. The Kier molecular flexibility index (Phi) is 2.77. The number of hydrogen-bond donors (Lipinski definition) is 0. The molecule has 0 N–H and O–H groups in total. The van der Waals surface area contributed by atoms with E-state index in [4.69, 9.17) is 4.74 Å². The third kappa shape index (κ3) is 1.76. The summed E-state index contributed by atoms with van der Waals surface area (Å²) in [7, 11) is 0. The Morgan fingerprint density at radius 1 is 0.895 bits per heavy atom. The van der Waals surface area contributed by atoms with Gasteiger partial charge in [0.1, 0.15) is 0 Å². The van der Waals surface area contributed by atoms with Crippen molar-refractivity contribution in [3.63, 3.8) is 0 Å². The summed E-state index contributed by atoms with van der Waals surface area (Å²) in [5, 5.41) is 0. The van der Waals surface area contributed by atoms with Crippen LogP contribution in [0.25, 0.3) is 0 Å². The first-order valence-electron chi connectivity index (χ1n) is 8.25. The third-order valence-electron chi connectivity index (χ3n) is 7.36. The molecule has 1 aliphatic heterocycles. The van der Waals surface area contributed by atoms with Gasteiger partial charge in [0.2, 0.25) is 0 Å². The SMILES string of the molecule is C[C@H]1C(C)(C)[C@@H]2[C@H]3OC(C)(C)C[C@H]3CC[C@H]2C1(C)C. The molecule has 2 saturated carbocycles. The third-order valence-corrected chi connectivity index (χ3v) is 7.36. The summed E-state index contributed by atoms with van der Waals surface area (Å²) in [6.07, 6.45) is 4.60. The molecular weight excluding hydrogens is 232 g/mol. The fourth-order valence-corrected chi connectivity index (χ4v) is 6.04. The maximum atomic E-state index is 6.54. The van der Waals surface area contributed by atoms with Crippen molar-refractivity contribution < 1.29 is 4.74 Å². The number of fused-ring (bicyclic) bond motifs is 3. The van der Waals surface area contributed by atoms with Gasteiger partial charge in [0.25, 0.3) is 0 Å². The van der Waals surface area contributed by atoms with Crippen LogP contribution in [0.2, 0.25) is 0 Å². The zero-order valence-electron chi connectivity index (χ0n) is 13.9. The van der Waals surface area contributed by atoms with Crippen molar-refractivity contribution in [3.05, 3.63) is 0 Å². The second kappa shape index (κ2) is 3.78. The Morgan fingerprint density at radius 2 is 1.53 bits per heavy atom. The number of rotatable bonds is 0. The molecule has 3 rings (SSSR count). The smallest absolute Gasteiger partial charge is 0.0647 e. The van der Waals surface area contributed by atoms with Crippen molar-refractivity contribution >= 4 is 0 Å². The van der Waals surface area contributed by atoms with Gasteiger partial charge in [-0.15, -0.1) is 0 Å². The van der Waals surface area contributed by atoms with Crippen LogP contribution in [-0.4, -0.2) is 11.7 Å². The molecule has 0 unspecified atom stereocenters. The highest BCUT2D eigenvalue weighted by molar-refractivity contribution is 5.12. The molecule has 1 nitrogen and oxygen atoms in total. The lowest BCUT2D eigenvalue weighted by atomic mass is 9.64. The van der Waals surface area contributed by atoms with Crippen LogP contribution in [0.4, 0.5) is 0 Å². The largest absolute Gasteiger partial charge is 0.372 e. The molecule has 0 aromatic rings. The first kappa shape index (κ1) is 13.9. The van der Waals surface area contributed by atoms with E-state index in [1.165, 1.54) is 19.3 Å². The highest BCUT2D eigenvalue weighted by Gasteiger charge is 2.64. The zero-order valence-corrected chi connectivity index (χ0v) is 13.9. The summed E-state index contributed by atoms with van der Waals surface area (Å²) < 4.78 is 6.54. The molecule has 0 aromatic heterocycles. The molecule has 110 valence electrons. The van der Waals surface area contributed by atoms with Gasteiger partial charge in [0, 0.05) is 0 Å². The molecule has 0 bridgehead atoms. The van der Waals surface area contributed by atoms with Crippen LogP contribution in [-0.2, 0) is 4.74 Å². The second-order valence-corrected chi connectivity index (χ2v) is 9.38. The Hall–Kier alpha value is -0.0400. The molecule has 3 fully saturated rings. The van der Waals surface area contributed by atoms with Crippen LogP contribution in [0, 0.1) is 34.5 Å². The lowest BCUT2D eigenvalue weighted by Crippen LogP contribution is -2.42. The van der Waals surface area contributed by atoms with Gasteiger partial charge < -0.3 is 4.74 Å². The van der Waals surface area contributed by atoms with E-state index in [1.807, 2.05) is 0 Å². The Labute approximate surface area is 119 Å². The van der Waals surface area contributed by atoms with Gasteiger partial charge in [0.05, 0.1) is 11.7 Å².